The number of thioether (sulfide) groups is 1. The lowest BCUT2D eigenvalue weighted by atomic mass is 10.1. The summed E-state index contributed by atoms with van der Waals surface area (Å²) in [7, 11) is -2.97. The van der Waals surface area contributed by atoms with E-state index in [1.165, 1.54) is 50.4 Å². The molecule has 41 heavy (non-hydrogen) atoms. The van der Waals surface area contributed by atoms with Crippen LogP contribution in [0.4, 0.5) is 10.5 Å². The van der Waals surface area contributed by atoms with Crippen LogP contribution in [0.15, 0.2) is 94.7 Å². The quantitative estimate of drug-likeness (QED) is 0.202. The third-order valence-corrected chi connectivity index (χ3v) is 8.34. The summed E-state index contributed by atoms with van der Waals surface area (Å²) in [5, 5.41) is 4.18. The summed E-state index contributed by atoms with van der Waals surface area (Å²) in [5.74, 6) is -0.814. The van der Waals surface area contributed by atoms with Gasteiger partial charge in [-0.15, -0.1) is 0 Å². The van der Waals surface area contributed by atoms with Gasteiger partial charge in [-0.1, -0.05) is 48.5 Å². The highest BCUT2D eigenvalue weighted by molar-refractivity contribution is 8.18. The summed E-state index contributed by atoms with van der Waals surface area (Å²) in [6, 6.07) is 23.7. The second kappa shape index (κ2) is 11.5. The summed E-state index contributed by atoms with van der Waals surface area (Å²) in [6.45, 7) is 1.44. The molecule has 0 spiro atoms. The molecular formula is C30H24N2O7S2. The molecule has 5 rings (SSSR count). The Bertz CT molecular complexity index is 1820. The van der Waals surface area contributed by atoms with Crippen molar-refractivity contribution in [2.75, 3.05) is 12.4 Å². The Hall–Kier alpha value is -4.61. The van der Waals surface area contributed by atoms with Crippen molar-refractivity contribution in [2.24, 2.45) is 0 Å². The first-order chi connectivity index (χ1) is 19.6. The van der Waals surface area contributed by atoms with Crippen LogP contribution in [0.1, 0.15) is 18.1 Å². The second-order valence-electron chi connectivity index (χ2n) is 9.07. The normalized spacial score (nSPS) is 14.5. The Kier molecular flexibility index (Phi) is 7.82. The average Bonchev–Trinajstić information content (AvgIpc) is 3.21. The third-order valence-electron chi connectivity index (χ3n) is 6.20. The summed E-state index contributed by atoms with van der Waals surface area (Å²) < 4.78 is 37.1. The number of ether oxygens (including phenoxy) is 1. The van der Waals surface area contributed by atoms with E-state index in [0.29, 0.717) is 5.69 Å². The number of rotatable bonds is 8. The predicted molar refractivity (Wildman–Crippen MR) is 157 cm³/mol. The van der Waals surface area contributed by atoms with Crippen molar-refractivity contribution < 1.29 is 31.7 Å². The van der Waals surface area contributed by atoms with Gasteiger partial charge in [0, 0.05) is 18.2 Å². The van der Waals surface area contributed by atoms with E-state index in [9.17, 15) is 22.8 Å². The topological polar surface area (TPSA) is 119 Å². The molecule has 11 heteroatoms. The summed E-state index contributed by atoms with van der Waals surface area (Å²) >= 11 is 0.761. The minimum atomic E-state index is -4.33. The molecule has 1 aliphatic rings. The van der Waals surface area contributed by atoms with Crippen molar-refractivity contribution in [1.82, 2.24) is 4.90 Å². The van der Waals surface area contributed by atoms with Crippen LogP contribution in [0.3, 0.4) is 0 Å². The minimum absolute atomic E-state index is 0.0944. The molecule has 1 N–H and O–H groups in total. The fourth-order valence-corrected chi connectivity index (χ4v) is 6.05. The largest absolute Gasteiger partial charge is 0.493 e. The monoisotopic (exact) mass is 588 g/mol. The predicted octanol–water partition coefficient (Wildman–Crippen LogP) is 5.81. The average molecular weight is 589 g/mol. The Labute approximate surface area is 240 Å². The first-order valence-electron chi connectivity index (χ1n) is 12.4. The van der Waals surface area contributed by atoms with Gasteiger partial charge < -0.3 is 14.2 Å². The molecule has 0 radical (unpaired) electrons. The maximum atomic E-state index is 13.3. The van der Waals surface area contributed by atoms with Gasteiger partial charge in [0.05, 0.1) is 18.6 Å². The molecule has 0 aliphatic carbocycles. The molecule has 0 unspecified atom stereocenters. The molecule has 4 aromatic carbocycles. The first kappa shape index (κ1) is 27.9. The lowest BCUT2D eigenvalue weighted by Crippen LogP contribution is -2.27. The van der Waals surface area contributed by atoms with E-state index in [4.69, 9.17) is 8.92 Å². The van der Waals surface area contributed by atoms with Gasteiger partial charge in [-0.05, 0) is 70.6 Å². The van der Waals surface area contributed by atoms with Gasteiger partial charge in [-0.25, -0.2) is 0 Å². The zero-order valence-electron chi connectivity index (χ0n) is 22.0. The molecule has 208 valence electrons. The number of imide groups is 1. The number of hydrogen-bond donors (Lipinski definition) is 1. The maximum absolute atomic E-state index is 13.3. The van der Waals surface area contributed by atoms with Gasteiger partial charge in [-0.3, -0.25) is 19.3 Å². The highest BCUT2D eigenvalue weighted by Gasteiger charge is 2.35. The highest BCUT2D eigenvalue weighted by atomic mass is 32.2. The Morgan fingerprint density at radius 1 is 0.951 bits per heavy atom. The number of anilines is 1. The molecule has 9 nitrogen and oxygen atoms in total. The third kappa shape index (κ3) is 6.11. The molecule has 3 amide bonds. The van der Waals surface area contributed by atoms with E-state index in [-0.39, 0.29) is 39.3 Å². The van der Waals surface area contributed by atoms with Crippen LogP contribution in [0.2, 0.25) is 0 Å². The molecule has 4 aromatic rings. The number of hydrogen-bond acceptors (Lipinski definition) is 8. The molecule has 0 saturated carbocycles. The number of nitrogens with zero attached hydrogens (tertiary/aromatic N) is 1. The zero-order chi connectivity index (χ0) is 29.1. The highest BCUT2D eigenvalue weighted by Crippen LogP contribution is 2.39. The zero-order valence-corrected chi connectivity index (χ0v) is 23.6. The standard InChI is InChI=1S/C30H24N2O7S2/c1-19(33)31-24-12-14-25(15-13-24)41(36,37)39-28-23(8-5-9-26(28)38-2)17-27-29(34)32(30(35)40-27)18-20-10-11-21-6-3-4-7-22(21)16-20/h3-17H,18H2,1-2H3,(H,31,33)/b27-17-. The van der Waals surface area contributed by atoms with Crippen molar-refractivity contribution in [3.63, 3.8) is 0 Å². The van der Waals surface area contributed by atoms with Crippen molar-refractivity contribution >= 4 is 61.5 Å². The minimum Gasteiger partial charge on any atom is -0.493 e. The summed E-state index contributed by atoms with van der Waals surface area (Å²) in [4.78, 5) is 38.5. The fraction of sp³-hybridized carbons (Fsp3) is 0.100. The number of para-hydroxylation sites is 1. The molecule has 1 saturated heterocycles. The van der Waals surface area contributed by atoms with Crippen LogP contribution in [-0.2, 0) is 26.3 Å². The van der Waals surface area contributed by atoms with Crippen molar-refractivity contribution in [2.45, 2.75) is 18.4 Å². The summed E-state index contributed by atoms with van der Waals surface area (Å²) in [5.41, 5.74) is 1.46. The van der Waals surface area contributed by atoms with E-state index < -0.39 is 21.3 Å². The number of benzene rings is 4. The number of fused-ring (bicyclic) bond motifs is 1. The number of nitrogens with one attached hydrogen (secondary N) is 1. The van der Waals surface area contributed by atoms with Crippen LogP contribution in [-0.4, -0.2) is 37.5 Å². The first-order valence-corrected chi connectivity index (χ1v) is 14.6. The van der Waals surface area contributed by atoms with E-state index in [1.54, 1.807) is 12.1 Å². The number of carbonyl (C=O) groups is 3. The number of carbonyl (C=O) groups excluding carboxylic acids is 3. The van der Waals surface area contributed by atoms with Gasteiger partial charge in [0.1, 0.15) is 4.90 Å². The van der Waals surface area contributed by atoms with E-state index >= 15 is 0 Å². The number of amides is 3. The number of methoxy groups -OCH3 is 1. The second-order valence-corrected chi connectivity index (χ2v) is 11.6. The van der Waals surface area contributed by atoms with Crippen LogP contribution in [0.5, 0.6) is 11.5 Å². The van der Waals surface area contributed by atoms with E-state index in [1.807, 2.05) is 42.5 Å². The molecule has 1 aliphatic heterocycles. The molecule has 0 atom stereocenters. The molecule has 0 aromatic heterocycles. The van der Waals surface area contributed by atoms with Gasteiger partial charge in [-0.2, -0.15) is 8.42 Å². The smallest absolute Gasteiger partial charge is 0.339 e. The molecule has 1 fully saturated rings. The van der Waals surface area contributed by atoms with Gasteiger partial charge in [0.15, 0.2) is 11.5 Å². The van der Waals surface area contributed by atoms with Crippen molar-refractivity contribution in [1.29, 1.82) is 0 Å². The van der Waals surface area contributed by atoms with Gasteiger partial charge in [0.25, 0.3) is 11.1 Å². The Morgan fingerprint density at radius 3 is 2.39 bits per heavy atom. The van der Waals surface area contributed by atoms with Crippen LogP contribution in [0.25, 0.3) is 16.8 Å². The Balaban J connectivity index is 1.42. The van der Waals surface area contributed by atoms with Crippen LogP contribution >= 0.6 is 11.8 Å². The molecular weight excluding hydrogens is 564 g/mol. The lowest BCUT2D eigenvalue weighted by Gasteiger charge is -2.14. The molecule has 0 bridgehead atoms. The van der Waals surface area contributed by atoms with E-state index in [0.717, 1.165) is 33.0 Å². The van der Waals surface area contributed by atoms with Crippen molar-refractivity contribution in [3.05, 3.63) is 101 Å². The van der Waals surface area contributed by atoms with Gasteiger partial charge in [0.2, 0.25) is 5.91 Å². The Morgan fingerprint density at radius 2 is 1.68 bits per heavy atom. The van der Waals surface area contributed by atoms with Gasteiger partial charge >= 0.3 is 10.1 Å². The fourth-order valence-electron chi connectivity index (χ4n) is 4.26. The molecule has 1 heterocycles. The van der Waals surface area contributed by atoms with E-state index in [2.05, 4.69) is 5.32 Å². The van der Waals surface area contributed by atoms with Crippen molar-refractivity contribution in [3.8, 4) is 11.5 Å². The lowest BCUT2D eigenvalue weighted by molar-refractivity contribution is -0.123. The SMILES string of the molecule is COc1cccc(/C=C2\SC(=O)N(Cc3ccc4ccccc4c3)C2=O)c1OS(=O)(=O)c1ccc(NC(C)=O)cc1. The summed E-state index contributed by atoms with van der Waals surface area (Å²) in [6.07, 6.45) is 1.42. The maximum Gasteiger partial charge on any atom is 0.339 e. The van der Waals surface area contributed by atoms with Crippen LogP contribution in [0, 0.1) is 0 Å². The van der Waals surface area contributed by atoms with Crippen LogP contribution < -0.4 is 14.2 Å².